The minimum atomic E-state index is -0.415. The Morgan fingerprint density at radius 3 is 2.68 bits per heavy atom. The van der Waals surface area contributed by atoms with Gasteiger partial charge in [0.25, 0.3) is 5.91 Å². The zero-order chi connectivity index (χ0) is 14.0. The maximum Gasteiger partial charge on any atom is 0.261 e. The van der Waals surface area contributed by atoms with Crippen molar-refractivity contribution in [3.63, 3.8) is 0 Å². The molecule has 1 amide bonds. The molecule has 0 aromatic heterocycles. The van der Waals surface area contributed by atoms with Gasteiger partial charge in [0.1, 0.15) is 17.1 Å². The van der Waals surface area contributed by atoms with Crippen molar-refractivity contribution in [2.24, 2.45) is 0 Å². The topological polar surface area (TPSA) is 70.0 Å². The van der Waals surface area contributed by atoms with E-state index in [-0.39, 0.29) is 29.2 Å². The van der Waals surface area contributed by atoms with Crippen LogP contribution in [-0.4, -0.2) is 52.2 Å². The first-order valence-electron chi connectivity index (χ1n) is 6.04. The van der Waals surface area contributed by atoms with Gasteiger partial charge in [0.2, 0.25) is 0 Å². The normalized spacial score (nSPS) is 23.4. The van der Waals surface area contributed by atoms with E-state index in [4.69, 9.17) is 16.3 Å². The summed E-state index contributed by atoms with van der Waals surface area (Å²) in [5.74, 6) is -0.581. The van der Waals surface area contributed by atoms with E-state index in [0.717, 1.165) is 0 Å². The predicted molar refractivity (Wildman–Crippen MR) is 70.7 cm³/mol. The number of amides is 1. The highest BCUT2D eigenvalue weighted by atomic mass is 35.5. The number of phenolic OH excluding ortho intramolecular Hbond substituents is 2. The molecule has 5 nitrogen and oxygen atoms in total. The Bertz CT molecular complexity index is 459. The smallest absolute Gasteiger partial charge is 0.261 e. The van der Waals surface area contributed by atoms with E-state index in [2.05, 4.69) is 0 Å². The second-order valence-electron chi connectivity index (χ2n) is 4.59. The highest BCUT2D eigenvalue weighted by Crippen LogP contribution is 2.29. The molecule has 1 aromatic carbocycles. The van der Waals surface area contributed by atoms with Gasteiger partial charge in [-0.25, -0.2) is 0 Å². The van der Waals surface area contributed by atoms with E-state index in [1.807, 2.05) is 6.92 Å². The van der Waals surface area contributed by atoms with E-state index in [1.54, 1.807) is 4.90 Å². The lowest BCUT2D eigenvalue weighted by Crippen LogP contribution is -2.51. The Kier molecular flexibility index (Phi) is 4.17. The molecular formula is C13H16ClNO4. The fourth-order valence-electron chi connectivity index (χ4n) is 2.08. The van der Waals surface area contributed by atoms with Crippen LogP contribution in [0.15, 0.2) is 18.2 Å². The van der Waals surface area contributed by atoms with Crippen LogP contribution in [0.3, 0.4) is 0 Å². The summed E-state index contributed by atoms with van der Waals surface area (Å²) in [6.45, 7) is 2.58. The van der Waals surface area contributed by atoms with E-state index < -0.39 is 5.91 Å². The van der Waals surface area contributed by atoms with Gasteiger partial charge in [-0.1, -0.05) is 6.07 Å². The summed E-state index contributed by atoms with van der Waals surface area (Å²) in [6, 6.07) is 4.09. The van der Waals surface area contributed by atoms with Crippen molar-refractivity contribution in [2.75, 3.05) is 19.0 Å². The van der Waals surface area contributed by atoms with Crippen molar-refractivity contribution in [1.29, 1.82) is 0 Å². The number of benzene rings is 1. The second-order valence-corrected chi connectivity index (χ2v) is 4.90. The Hall–Kier alpha value is -1.46. The Morgan fingerprint density at radius 2 is 2.11 bits per heavy atom. The minimum absolute atomic E-state index is 0.0791. The molecule has 1 saturated heterocycles. The summed E-state index contributed by atoms with van der Waals surface area (Å²) >= 11 is 5.74. The second kappa shape index (κ2) is 5.67. The van der Waals surface area contributed by atoms with Crippen molar-refractivity contribution < 1.29 is 19.7 Å². The van der Waals surface area contributed by atoms with Crippen LogP contribution in [0.4, 0.5) is 0 Å². The lowest BCUT2D eigenvalue weighted by molar-refractivity contribution is -0.0373. The molecule has 2 rings (SSSR count). The molecule has 0 spiro atoms. The third-order valence-corrected chi connectivity index (χ3v) is 3.52. The molecule has 0 aliphatic carbocycles. The van der Waals surface area contributed by atoms with Gasteiger partial charge >= 0.3 is 0 Å². The minimum Gasteiger partial charge on any atom is -0.507 e. The molecule has 19 heavy (non-hydrogen) atoms. The van der Waals surface area contributed by atoms with Crippen LogP contribution in [0.2, 0.25) is 0 Å². The summed E-state index contributed by atoms with van der Waals surface area (Å²) in [6.07, 6.45) is -0.227. The van der Waals surface area contributed by atoms with Gasteiger partial charge in [0.05, 0.1) is 24.6 Å². The van der Waals surface area contributed by atoms with Crippen LogP contribution in [0.25, 0.3) is 0 Å². The van der Waals surface area contributed by atoms with Gasteiger partial charge in [0, 0.05) is 6.54 Å². The summed E-state index contributed by atoms with van der Waals surface area (Å²) in [4.78, 5) is 14.0. The Balaban J connectivity index is 2.27. The van der Waals surface area contributed by atoms with Crippen LogP contribution < -0.4 is 0 Å². The van der Waals surface area contributed by atoms with Gasteiger partial charge in [0.15, 0.2) is 0 Å². The van der Waals surface area contributed by atoms with E-state index in [1.165, 1.54) is 18.2 Å². The standard InChI is InChI=1S/C13H16ClNO4/c1-8-7-19-9(5-14)6-15(8)13(18)12-10(16)3-2-4-11(12)17/h2-4,8-9,16-17H,5-7H2,1H3. The van der Waals surface area contributed by atoms with Crippen molar-refractivity contribution in [2.45, 2.75) is 19.1 Å². The molecule has 1 heterocycles. The number of phenols is 2. The molecule has 1 aromatic rings. The number of ether oxygens (including phenoxy) is 1. The van der Waals surface area contributed by atoms with Gasteiger partial charge in [-0.3, -0.25) is 4.79 Å². The number of nitrogens with zero attached hydrogens (tertiary/aromatic N) is 1. The molecule has 1 fully saturated rings. The first kappa shape index (κ1) is 14.0. The third kappa shape index (κ3) is 2.77. The number of morpholine rings is 1. The van der Waals surface area contributed by atoms with Crippen LogP contribution in [0, 0.1) is 0 Å². The summed E-state index contributed by atoms with van der Waals surface area (Å²) in [5, 5.41) is 19.5. The van der Waals surface area contributed by atoms with Crippen molar-refractivity contribution in [1.82, 2.24) is 4.90 Å². The number of rotatable bonds is 2. The number of carbonyl (C=O) groups is 1. The monoisotopic (exact) mass is 285 g/mol. The Labute approximate surface area is 116 Å². The van der Waals surface area contributed by atoms with Gasteiger partial charge in [-0.05, 0) is 19.1 Å². The molecule has 104 valence electrons. The number of halogens is 1. The zero-order valence-corrected chi connectivity index (χ0v) is 11.3. The highest BCUT2D eigenvalue weighted by Gasteiger charge is 2.32. The van der Waals surface area contributed by atoms with E-state index in [9.17, 15) is 15.0 Å². The van der Waals surface area contributed by atoms with Gasteiger partial charge < -0.3 is 19.8 Å². The fourth-order valence-corrected chi connectivity index (χ4v) is 2.27. The zero-order valence-electron chi connectivity index (χ0n) is 10.5. The first-order chi connectivity index (χ1) is 9.04. The molecular weight excluding hydrogens is 270 g/mol. The number of aromatic hydroxyl groups is 2. The number of hydrogen-bond donors (Lipinski definition) is 2. The lowest BCUT2D eigenvalue weighted by atomic mass is 10.1. The molecule has 1 aliphatic rings. The van der Waals surface area contributed by atoms with E-state index in [0.29, 0.717) is 19.0 Å². The molecule has 0 saturated carbocycles. The maximum absolute atomic E-state index is 12.4. The summed E-state index contributed by atoms with van der Waals surface area (Å²) in [7, 11) is 0. The maximum atomic E-state index is 12.4. The molecule has 1 aliphatic heterocycles. The molecule has 0 radical (unpaired) electrons. The van der Waals surface area contributed by atoms with Crippen molar-refractivity contribution in [3.8, 4) is 11.5 Å². The average Bonchev–Trinajstić information content (AvgIpc) is 2.39. The van der Waals surface area contributed by atoms with Crippen LogP contribution in [0.1, 0.15) is 17.3 Å². The third-order valence-electron chi connectivity index (χ3n) is 3.17. The molecule has 0 bridgehead atoms. The summed E-state index contributed by atoms with van der Waals surface area (Å²) < 4.78 is 5.47. The SMILES string of the molecule is CC1COC(CCl)CN1C(=O)c1c(O)cccc1O. The molecule has 6 heteroatoms. The van der Waals surface area contributed by atoms with Gasteiger partial charge in [-0.15, -0.1) is 11.6 Å². The van der Waals surface area contributed by atoms with Gasteiger partial charge in [-0.2, -0.15) is 0 Å². The fraction of sp³-hybridized carbons (Fsp3) is 0.462. The van der Waals surface area contributed by atoms with Crippen LogP contribution in [-0.2, 0) is 4.74 Å². The van der Waals surface area contributed by atoms with Crippen molar-refractivity contribution >= 4 is 17.5 Å². The molecule has 2 N–H and O–H groups in total. The lowest BCUT2D eigenvalue weighted by Gasteiger charge is -2.37. The predicted octanol–water partition coefficient (Wildman–Crippen LogP) is 1.57. The molecule has 2 atom stereocenters. The Morgan fingerprint density at radius 1 is 1.47 bits per heavy atom. The largest absolute Gasteiger partial charge is 0.507 e. The van der Waals surface area contributed by atoms with Crippen LogP contribution >= 0.6 is 11.6 Å². The molecule has 2 unspecified atom stereocenters. The highest BCUT2D eigenvalue weighted by molar-refractivity contribution is 6.18. The van der Waals surface area contributed by atoms with Crippen molar-refractivity contribution in [3.05, 3.63) is 23.8 Å². The first-order valence-corrected chi connectivity index (χ1v) is 6.57. The average molecular weight is 286 g/mol. The number of carbonyl (C=O) groups excluding carboxylic acids is 1. The van der Waals surface area contributed by atoms with E-state index >= 15 is 0 Å². The number of alkyl halides is 1. The van der Waals surface area contributed by atoms with Crippen LogP contribution in [0.5, 0.6) is 11.5 Å². The quantitative estimate of drug-likeness (QED) is 0.809. The number of hydrogen-bond acceptors (Lipinski definition) is 4. The summed E-state index contributed by atoms with van der Waals surface area (Å²) in [5.41, 5.74) is -0.0791.